The summed E-state index contributed by atoms with van der Waals surface area (Å²) in [6, 6.07) is 5.26. The van der Waals surface area contributed by atoms with Crippen molar-refractivity contribution >= 4 is 15.9 Å². The molecule has 0 saturated heterocycles. The van der Waals surface area contributed by atoms with Crippen LogP contribution in [0.3, 0.4) is 0 Å². The summed E-state index contributed by atoms with van der Waals surface area (Å²) >= 11 is 3.54. The number of aromatic nitrogens is 2. The largest absolute Gasteiger partial charge is 0.266 e. The van der Waals surface area contributed by atoms with Crippen molar-refractivity contribution in [3.63, 3.8) is 0 Å². The van der Waals surface area contributed by atoms with E-state index in [4.69, 9.17) is 0 Å². The first kappa shape index (κ1) is 12.3. The van der Waals surface area contributed by atoms with Crippen molar-refractivity contribution in [1.29, 1.82) is 0 Å². The summed E-state index contributed by atoms with van der Waals surface area (Å²) in [5.41, 5.74) is 3.40. The average molecular weight is 297 g/mol. The Labute approximate surface area is 109 Å². The van der Waals surface area contributed by atoms with E-state index in [0.717, 1.165) is 27.8 Å². The first-order valence-corrected chi connectivity index (χ1v) is 6.31. The zero-order valence-electron chi connectivity index (χ0n) is 10.1. The predicted octanol–water partition coefficient (Wildman–Crippen LogP) is 3.86. The fraction of sp³-hybridized carbons (Fsp3) is 0.308. The summed E-state index contributed by atoms with van der Waals surface area (Å²) < 4.78 is 16.3. The van der Waals surface area contributed by atoms with E-state index in [1.807, 2.05) is 20.0 Å². The van der Waals surface area contributed by atoms with Gasteiger partial charge < -0.3 is 0 Å². The summed E-state index contributed by atoms with van der Waals surface area (Å²) in [4.78, 5) is 0. The van der Waals surface area contributed by atoms with E-state index in [9.17, 15) is 4.39 Å². The van der Waals surface area contributed by atoms with E-state index in [-0.39, 0.29) is 5.82 Å². The van der Waals surface area contributed by atoms with Crippen molar-refractivity contribution in [2.24, 2.45) is 7.05 Å². The van der Waals surface area contributed by atoms with Crippen molar-refractivity contribution in [1.82, 2.24) is 9.78 Å². The number of aryl methyl sites for hydroxylation is 3. The van der Waals surface area contributed by atoms with Crippen molar-refractivity contribution in [3.8, 4) is 11.3 Å². The molecule has 0 spiro atoms. The second-order valence-electron chi connectivity index (χ2n) is 4.05. The molecule has 0 bridgehead atoms. The van der Waals surface area contributed by atoms with Gasteiger partial charge in [-0.1, -0.05) is 19.1 Å². The molecule has 0 aliphatic heterocycles. The van der Waals surface area contributed by atoms with Crippen LogP contribution in [-0.4, -0.2) is 9.78 Å². The van der Waals surface area contributed by atoms with Gasteiger partial charge in [0.05, 0.1) is 15.9 Å². The molecule has 1 heterocycles. The Morgan fingerprint density at radius 2 is 2.12 bits per heavy atom. The molecular weight excluding hydrogens is 283 g/mol. The molecule has 0 radical (unpaired) electrons. The van der Waals surface area contributed by atoms with Gasteiger partial charge in [-0.05, 0) is 40.9 Å². The maximum Gasteiger partial charge on any atom is 0.126 e. The van der Waals surface area contributed by atoms with Crippen LogP contribution in [0.1, 0.15) is 18.2 Å². The van der Waals surface area contributed by atoms with Crippen molar-refractivity contribution in [2.45, 2.75) is 20.3 Å². The molecule has 1 aromatic carbocycles. The Balaban J connectivity index is 2.60. The molecule has 2 aromatic rings. The lowest BCUT2D eigenvalue weighted by molar-refractivity contribution is 0.618. The zero-order valence-corrected chi connectivity index (χ0v) is 11.7. The molecule has 0 unspecified atom stereocenters. The Kier molecular flexibility index (Phi) is 3.33. The third-order valence-electron chi connectivity index (χ3n) is 2.84. The van der Waals surface area contributed by atoms with Crippen molar-refractivity contribution in [3.05, 3.63) is 39.7 Å². The Morgan fingerprint density at radius 3 is 2.65 bits per heavy atom. The van der Waals surface area contributed by atoms with Gasteiger partial charge in [-0.2, -0.15) is 5.10 Å². The lowest BCUT2D eigenvalue weighted by Crippen LogP contribution is -1.95. The minimum Gasteiger partial charge on any atom is -0.266 e. The van der Waals surface area contributed by atoms with E-state index in [1.165, 1.54) is 0 Å². The first-order chi connectivity index (χ1) is 8.04. The van der Waals surface area contributed by atoms with Gasteiger partial charge in [0.15, 0.2) is 0 Å². The van der Waals surface area contributed by atoms with E-state index in [0.29, 0.717) is 5.56 Å². The molecule has 4 heteroatoms. The lowest BCUT2D eigenvalue weighted by atomic mass is 10.1. The fourth-order valence-corrected chi connectivity index (χ4v) is 2.68. The molecule has 0 saturated carbocycles. The van der Waals surface area contributed by atoms with Gasteiger partial charge >= 0.3 is 0 Å². The predicted molar refractivity (Wildman–Crippen MR) is 70.4 cm³/mol. The molecule has 0 atom stereocenters. The second-order valence-corrected chi connectivity index (χ2v) is 4.84. The van der Waals surface area contributed by atoms with E-state index < -0.39 is 0 Å². The number of hydrogen-bond donors (Lipinski definition) is 0. The van der Waals surface area contributed by atoms with Crippen LogP contribution in [0.4, 0.5) is 4.39 Å². The summed E-state index contributed by atoms with van der Waals surface area (Å²) in [7, 11) is 1.87. The number of halogens is 2. The lowest BCUT2D eigenvalue weighted by Gasteiger charge is -2.04. The standard InChI is InChI=1S/C13H14BrFN2/c1-4-11-12(14)13(17(3)16-11)9-6-5-8(2)10(15)7-9/h5-7H,4H2,1-3H3. The quantitative estimate of drug-likeness (QED) is 0.823. The van der Waals surface area contributed by atoms with Gasteiger partial charge in [0.2, 0.25) is 0 Å². The molecule has 0 aliphatic carbocycles. The molecule has 90 valence electrons. The minimum absolute atomic E-state index is 0.186. The summed E-state index contributed by atoms with van der Waals surface area (Å²) in [5.74, 6) is -0.186. The van der Waals surface area contributed by atoms with Crippen molar-refractivity contribution in [2.75, 3.05) is 0 Å². The fourth-order valence-electron chi connectivity index (χ4n) is 1.83. The number of rotatable bonds is 2. The van der Waals surface area contributed by atoms with Crippen LogP contribution in [0.15, 0.2) is 22.7 Å². The number of hydrogen-bond acceptors (Lipinski definition) is 1. The van der Waals surface area contributed by atoms with Gasteiger partial charge in [-0.3, -0.25) is 4.68 Å². The smallest absolute Gasteiger partial charge is 0.126 e. The van der Waals surface area contributed by atoms with Gasteiger partial charge in [-0.25, -0.2) is 4.39 Å². The summed E-state index contributed by atoms with van der Waals surface area (Å²) in [6.45, 7) is 3.81. The van der Waals surface area contributed by atoms with E-state index >= 15 is 0 Å². The van der Waals surface area contributed by atoms with Crippen LogP contribution in [-0.2, 0) is 13.5 Å². The van der Waals surface area contributed by atoms with Crippen LogP contribution in [0.5, 0.6) is 0 Å². The van der Waals surface area contributed by atoms with Gasteiger partial charge in [0.1, 0.15) is 5.82 Å². The topological polar surface area (TPSA) is 17.8 Å². The molecule has 1 aromatic heterocycles. The molecule has 0 N–H and O–H groups in total. The maximum absolute atomic E-state index is 13.6. The highest BCUT2D eigenvalue weighted by molar-refractivity contribution is 9.10. The van der Waals surface area contributed by atoms with Gasteiger partial charge in [0.25, 0.3) is 0 Å². The molecular formula is C13H14BrFN2. The SMILES string of the molecule is CCc1nn(C)c(-c2ccc(C)c(F)c2)c1Br. The molecule has 2 rings (SSSR count). The number of benzene rings is 1. The average Bonchev–Trinajstić information content (AvgIpc) is 2.58. The monoisotopic (exact) mass is 296 g/mol. The Hall–Kier alpha value is -1.16. The van der Waals surface area contributed by atoms with Crippen LogP contribution < -0.4 is 0 Å². The normalized spacial score (nSPS) is 10.9. The summed E-state index contributed by atoms with van der Waals surface area (Å²) in [6.07, 6.45) is 0.850. The second kappa shape index (κ2) is 4.61. The van der Waals surface area contributed by atoms with Gasteiger partial charge in [-0.15, -0.1) is 0 Å². The van der Waals surface area contributed by atoms with E-state index in [2.05, 4.69) is 21.0 Å². The number of nitrogens with zero attached hydrogens (tertiary/aromatic N) is 2. The van der Waals surface area contributed by atoms with Crippen LogP contribution in [0.25, 0.3) is 11.3 Å². The van der Waals surface area contributed by atoms with Crippen LogP contribution >= 0.6 is 15.9 Å². The highest BCUT2D eigenvalue weighted by Crippen LogP contribution is 2.31. The highest BCUT2D eigenvalue weighted by Gasteiger charge is 2.15. The van der Waals surface area contributed by atoms with E-state index in [1.54, 1.807) is 23.7 Å². The molecule has 2 nitrogen and oxygen atoms in total. The van der Waals surface area contributed by atoms with Crippen LogP contribution in [0, 0.1) is 12.7 Å². The highest BCUT2D eigenvalue weighted by atomic mass is 79.9. The first-order valence-electron chi connectivity index (χ1n) is 5.52. The summed E-state index contributed by atoms with van der Waals surface area (Å²) in [5, 5.41) is 4.40. The van der Waals surface area contributed by atoms with Gasteiger partial charge in [0, 0.05) is 12.6 Å². The Morgan fingerprint density at radius 1 is 1.41 bits per heavy atom. The molecule has 0 amide bonds. The molecule has 0 aliphatic rings. The third-order valence-corrected chi connectivity index (χ3v) is 3.67. The minimum atomic E-state index is -0.186. The van der Waals surface area contributed by atoms with Crippen LogP contribution in [0.2, 0.25) is 0 Å². The molecule has 17 heavy (non-hydrogen) atoms. The van der Waals surface area contributed by atoms with Crippen molar-refractivity contribution < 1.29 is 4.39 Å². The Bertz CT molecular complexity index is 561. The zero-order chi connectivity index (χ0) is 12.6. The molecule has 0 fully saturated rings. The third kappa shape index (κ3) is 2.14. The maximum atomic E-state index is 13.6.